The molecule has 1 aliphatic heterocycles. The van der Waals surface area contributed by atoms with Crippen LogP contribution in [0.2, 0.25) is 0 Å². The first-order valence-electron chi connectivity index (χ1n) is 9.76. The Balaban J connectivity index is 1.86. The summed E-state index contributed by atoms with van der Waals surface area (Å²) in [5.41, 5.74) is -1.50. The molecule has 34 heavy (non-hydrogen) atoms. The second-order valence-electron chi connectivity index (χ2n) is 7.53. The number of alkyl halides is 3. The van der Waals surface area contributed by atoms with E-state index in [1.807, 2.05) is 5.32 Å². The molecule has 2 heterocycles. The summed E-state index contributed by atoms with van der Waals surface area (Å²) in [5, 5.41) is 24.6. The molecule has 1 aliphatic rings. The summed E-state index contributed by atoms with van der Waals surface area (Å²) in [6.45, 7) is 6.42. The number of aromatic nitrogens is 1. The molecule has 0 fully saturated rings. The van der Waals surface area contributed by atoms with Gasteiger partial charge >= 0.3 is 12.1 Å². The molecular weight excluding hydrogens is 457 g/mol. The highest BCUT2D eigenvalue weighted by atomic mass is 19.4. The Morgan fingerprint density at radius 2 is 1.91 bits per heavy atom. The summed E-state index contributed by atoms with van der Waals surface area (Å²) in [7, 11) is 0. The predicted octanol–water partition coefficient (Wildman–Crippen LogP) is 3.26. The van der Waals surface area contributed by atoms with Crippen molar-refractivity contribution in [3.63, 3.8) is 0 Å². The van der Waals surface area contributed by atoms with Crippen LogP contribution in [-0.4, -0.2) is 33.2 Å². The Morgan fingerprint density at radius 1 is 1.24 bits per heavy atom. The number of nitrogens with zero attached hydrogens (tertiary/aromatic N) is 2. The highest BCUT2D eigenvalue weighted by Gasteiger charge is 2.32. The largest absolute Gasteiger partial charge is 0.506 e. The number of rotatable bonds is 4. The molecule has 0 saturated heterocycles. The van der Waals surface area contributed by atoms with Crippen molar-refractivity contribution in [2.24, 2.45) is 0 Å². The van der Waals surface area contributed by atoms with Crippen molar-refractivity contribution >= 4 is 34.2 Å². The third-order valence-corrected chi connectivity index (χ3v) is 5.41. The van der Waals surface area contributed by atoms with E-state index in [0.717, 1.165) is 12.1 Å². The summed E-state index contributed by atoms with van der Waals surface area (Å²) < 4.78 is 40.0. The number of carbonyl (C=O) groups excluding carboxylic acids is 1. The van der Waals surface area contributed by atoms with Crippen LogP contribution in [0.1, 0.15) is 27.5 Å². The second kappa shape index (κ2) is 8.11. The lowest BCUT2D eigenvalue weighted by atomic mass is 9.99. The zero-order valence-corrected chi connectivity index (χ0v) is 17.1. The normalized spacial score (nSPS) is 14.8. The molecule has 1 aromatic heterocycles. The zero-order chi connectivity index (χ0) is 24.8. The van der Waals surface area contributed by atoms with E-state index in [-0.39, 0.29) is 28.8 Å². The van der Waals surface area contributed by atoms with Crippen LogP contribution >= 0.6 is 0 Å². The van der Waals surface area contributed by atoms with Crippen molar-refractivity contribution in [1.82, 2.24) is 9.88 Å². The van der Waals surface area contributed by atoms with Gasteiger partial charge < -0.3 is 25.4 Å². The van der Waals surface area contributed by atoms with Crippen molar-refractivity contribution < 1.29 is 33.0 Å². The molecule has 174 valence electrons. The molecule has 1 amide bonds. The van der Waals surface area contributed by atoms with E-state index >= 15 is 0 Å². The Bertz CT molecular complexity index is 1440. The minimum absolute atomic E-state index is 0.0157. The van der Waals surface area contributed by atoms with Crippen molar-refractivity contribution in [3.8, 4) is 5.75 Å². The number of carbonyl (C=O) groups is 2. The number of hydrogen-bond acceptors (Lipinski definition) is 5. The molecule has 2 aromatic carbocycles. The van der Waals surface area contributed by atoms with Crippen LogP contribution < -0.4 is 16.2 Å². The lowest BCUT2D eigenvalue weighted by Crippen LogP contribution is -2.38. The smallest absolute Gasteiger partial charge is 0.416 e. The van der Waals surface area contributed by atoms with E-state index in [4.69, 9.17) is 11.7 Å². The molecule has 12 heteroatoms. The number of halogens is 3. The average molecular weight is 472 g/mol. The SMILES string of the molecule is [C-]#[N+]c1cc2c3c(c1)c(O)c(C(=O)NCC(=O)O)c(=O)n3CC(c1ccc(C(F)(F)F)cc1)N2. The molecule has 9 nitrogen and oxygen atoms in total. The van der Waals surface area contributed by atoms with E-state index in [2.05, 4.69) is 10.2 Å². The second-order valence-corrected chi connectivity index (χ2v) is 7.53. The van der Waals surface area contributed by atoms with Crippen LogP contribution in [0.15, 0.2) is 41.2 Å². The maximum absolute atomic E-state index is 13.2. The van der Waals surface area contributed by atoms with Crippen molar-refractivity contribution in [1.29, 1.82) is 0 Å². The highest BCUT2D eigenvalue weighted by Crippen LogP contribution is 2.40. The minimum Gasteiger partial charge on any atom is -0.506 e. The van der Waals surface area contributed by atoms with Gasteiger partial charge in [-0.15, -0.1) is 0 Å². The fraction of sp³-hybridized carbons (Fsp3) is 0.182. The average Bonchev–Trinajstić information content (AvgIpc) is 2.79. The van der Waals surface area contributed by atoms with E-state index in [0.29, 0.717) is 5.56 Å². The number of aliphatic carboxylic acids is 1. The lowest BCUT2D eigenvalue weighted by Gasteiger charge is -2.30. The summed E-state index contributed by atoms with van der Waals surface area (Å²) in [4.78, 5) is 39.8. The number of pyridine rings is 1. The molecule has 0 saturated carbocycles. The van der Waals surface area contributed by atoms with Crippen LogP contribution in [0.4, 0.5) is 24.5 Å². The first-order valence-corrected chi connectivity index (χ1v) is 9.76. The van der Waals surface area contributed by atoms with Crippen LogP contribution in [0.25, 0.3) is 15.7 Å². The summed E-state index contributed by atoms with van der Waals surface area (Å²) in [6.07, 6.45) is -4.52. The molecule has 4 N–H and O–H groups in total. The van der Waals surface area contributed by atoms with Gasteiger partial charge in [-0.2, -0.15) is 13.2 Å². The molecule has 1 unspecified atom stereocenters. The quantitative estimate of drug-likeness (QED) is 0.432. The van der Waals surface area contributed by atoms with E-state index < -0.39 is 53.1 Å². The maximum atomic E-state index is 13.2. The van der Waals surface area contributed by atoms with Gasteiger partial charge in [-0.25, -0.2) is 4.85 Å². The number of amides is 1. The fourth-order valence-electron chi connectivity index (χ4n) is 3.87. The summed E-state index contributed by atoms with van der Waals surface area (Å²) in [5.74, 6) is -3.19. The zero-order valence-electron chi connectivity index (χ0n) is 17.1. The van der Waals surface area contributed by atoms with Crippen LogP contribution in [0.3, 0.4) is 0 Å². The third-order valence-electron chi connectivity index (χ3n) is 5.41. The molecule has 0 spiro atoms. The minimum atomic E-state index is -4.52. The van der Waals surface area contributed by atoms with Crippen molar-refractivity contribution in [3.05, 3.63) is 74.9 Å². The van der Waals surface area contributed by atoms with E-state index in [1.54, 1.807) is 0 Å². The Labute approximate surface area is 188 Å². The Morgan fingerprint density at radius 3 is 2.50 bits per heavy atom. The van der Waals surface area contributed by atoms with Crippen molar-refractivity contribution in [2.45, 2.75) is 18.8 Å². The number of hydrogen-bond donors (Lipinski definition) is 4. The standard InChI is InChI=1S/C22H15F3N4O5/c1-26-12-6-13-18-14(7-12)28-15(10-2-4-11(5-3-10)22(23,24)25)9-29(18)21(34)17(19(13)32)20(33)27-8-16(30)31/h2-7,15,28,32H,8-9H2,(H,27,33)(H,30,31). The maximum Gasteiger partial charge on any atom is 0.416 e. The van der Waals surface area contributed by atoms with Gasteiger partial charge in [0.25, 0.3) is 11.5 Å². The first kappa shape index (κ1) is 22.7. The number of carboxylic acids is 1. The Kier molecular flexibility index (Phi) is 5.40. The lowest BCUT2D eigenvalue weighted by molar-refractivity contribution is -0.138. The third kappa shape index (κ3) is 3.88. The van der Waals surface area contributed by atoms with Gasteiger partial charge in [0, 0.05) is 11.1 Å². The molecular formula is C22H15F3N4O5. The van der Waals surface area contributed by atoms with Gasteiger partial charge in [0.05, 0.1) is 30.2 Å². The number of benzene rings is 2. The van der Waals surface area contributed by atoms with Crippen LogP contribution in [-0.2, 0) is 17.5 Å². The molecule has 4 rings (SSSR count). The van der Waals surface area contributed by atoms with Crippen LogP contribution in [0, 0.1) is 6.57 Å². The van der Waals surface area contributed by atoms with Gasteiger partial charge in [-0.3, -0.25) is 14.4 Å². The van der Waals surface area contributed by atoms with Gasteiger partial charge in [0.15, 0.2) is 5.69 Å². The number of anilines is 1. The molecule has 0 aliphatic carbocycles. The highest BCUT2D eigenvalue weighted by molar-refractivity contribution is 6.06. The number of aromatic hydroxyl groups is 1. The first-order chi connectivity index (χ1) is 16.0. The molecule has 1 atom stereocenters. The van der Waals surface area contributed by atoms with Gasteiger partial charge in [0.2, 0.25) is 0 Å². The molecule has 3 aromatic rings. The topological polar surface area (TPSA) is 125 Å². The summed E-state index contributed by atoms with van der Waals surface area (Å²) >= 11 is 0. The fourth-order valence-corrected chi connectivity index (χ4v) is 3.87. The monoisotopic (exact) mass is 472 g/mol. The van der Waals surface area contributed by atoms with E-state index in [9.17, 15) is 32.7 Å². The molecule has 0 bridgehead atoms. The van der Waals surface area contributed by atoms with Crippen LogP contribution in [0.5, 0.6) is 5.75 Å². The van der Waals surface area contributed by atoms with E-state index in [1.165, 1.54) is 28.8 Å². The van der Waals surface area contributed by atoms with Gasteiger partial charge in [-0.1, -0.05) is 12.1 Å². The van der Waals surface area contributed by atoms with Gasteiger partial charge in [0.1, 0.15) is 17.9 Å². The predicted molar refractivity (Wildman–Crippen MR) is 114 cm³/mol. The number of carboxylic acid groups (broad SMARTS) is 1. The molecule has 0 radical (unpaired) electrons. The van der Waals surface area contributed by atoms with Gasteiger partial charge in [-0.05, 0) is 29.8 Å². The summed E-state index contributed by atoms with van der Waals surface area (Å²) in [6, 6.07) is 6.33. The van der Waals surface area contributed by atoms with Crippen molar-refractivity contribution in [2.75, 3.05) is 11.9 Å². The Hall–Kier alpha value is -4.53. The number of nitrogens with one attached hydrogen (secondary N) is 2.